The lowest BCUT2D eigenvalue weighted by atomic mass is 10.2. The summed E-state index contributed by atoms with van der Waals surface area (Å²) in [5.74, 6) is -4.10. The van der Waals surface area contributed by atoms with Crippen LogP contribution in [0, 0.1) is 18.6 Å². The molecule has 8 heteroatoms. The second-order valence-electron chi connectivity index (χ2n) is 6.28. The van der Waals surface area contributed by atoms with E-state index in [-0.39, 0.29) is 6.54 Å². The van der Waals surface area contributed by atoms with Gasteiger partial charge in [0.1, 0.15) is 11.6 Å². The van der Waals surface area contributed by atoms with Gasteiger partial charge in [-0.2, -0.15) is 0 Å². The first-order chi connectivity index (χ1) is 13.2. The summed E-state index contributed by atoms with van der Waals surface area (Å²) >= 11 is 0. The number of hydrogen-bond acceptors (Lipinski definition) is 4. The number of halogens is 2. The molecule has 0 spiro atoms. The summed E-state index contributed by atoms with van der Waals surface area (Å²) in [6.45, 7) is 2.95. The standard InChI is InChI=1S/C20H20F2N2O4/c1-12-4-7-15(8-5-12)23-18(25)11-24(3)19(26)13(2)28-20(27)16-9-6-14(21)10-17(16)22/h4-10,13H,11H2,1-3H3,(H,23,25)/t13-/m0/s1. The van der Waals surface area contributed by atoms with Gasteiger partial charge in [-0.05, 0) is 38.1 Å². The van der Waals surface area contributed by atoms with Gasteiger partial charge in [-0.1, -0.05) is 17.7 Å². The molecule has 0 heterocycles. The molecule has 0 aliphatic rings. The molecular formula is C20H20F2N2O4. The van der Waals surface area contributed by atoms with Gasteiger partial charge in [-0.15, -0.1) is 0 Å². The summed E-state index contributed by atoms with van der Waals surface area (Å²) in [5, 5.41) is 2.65. The first kappa shape index (κ1) is 21.0. The molecule has 2 aromatic carbocycles. The number of carbonyl (C=O) groups excluding carboxylic acids is 3. The Morgan fingerprint density at radius 1 is 1.11 bits per heavy atom. The maximum absolute atomic E-state index is 13.6. The molecule has 6 nitrogen and oxygen atoms in total. The molecule has 1 atom stereocenters. The third-order valence-corrected chi connectivity index (χ3v) is 3.87. The molecule has 1 N–H and O–H groups in total. The minimum absolute atomic E-state index is 0.264. The van der Waals surface area contributed by atoms with Gasteiger partial charge in [0, 0.05) is 18.8 Å². The largest absolute Gasteiger partial charge is 0.449 e. The van der Waals surface area contributed by atoms with Crippen LogP contribution in [0.3, 0.4) is 0 Å². The van der Waals surface area contributed by atoms with E-state index in [9.17, 15) is 23.2 Å². The maximum atomic E-state index is 13.6. The summed E-state index contributed by atoms with van der Waals surface area (Å²) < 4.78 is 31.5. The number of likely N-dealkylation sites (N-methyl/N-ethyl adjacent to an activating group) is 1. The van der Waals surface area contributed by atoms with E-state index < -0.39 is 41.1 Å². The van der Waals surface area contributed by atoms with Crippen molar-refractivity contribution in [1.82, 2.24) is 4.90 Å². The van der Waals surface area contributed by atoms with E-state index in [1.807, 2.05) is 19.1 Å². The van der Waals surface area contributed by atoms with Crippen LogP contribution in [-0.4, -0.2) is 42.4 Å². The van der Waals surface area contributed by atoms with Gasteiger partial charge in [0.15, 0.2) is 6.10 Å². The molecule has 28 heavy (non-hydrogen) atoms. The molecule has 0 bridgehead atoms. The number of amides is 2. The number of nitrogens with zero attached hydrogens (tertiary/aromatic N) is 1. The van der Waals surface area contributed by atoms with E-state index in [0.717, 1.165) is 22.6 Å². The van der Waals surface area contributed by atoms with Gasteiger partial charge in [-0.25, -0.2) is 13.6 Å². The van der Waals surface area contributed by atoms with Gasteiger partial charge >= 0.3 is 5.97 Å². The summed E-state index contributed by atoms with van der Waals surface area (Å²) in [6, 6.07) is 9.52. The zero-order valence-corrected chi connectivity index (χ0v) is 15.7. The average molecular weight is 390 g/mol. The third-order valence-electron chi connectivity index (χ3n) is 3.87. The van der Waals surface area contributed by atoms with Gasteiger partial charge < -0.3 is 15.0 Å². The quantitative estimate of drug-likeness (QED) is 0.770. The minimum Gasteiger partial charge on any atom is -0.449 e. The maximum Gasteiger partial charge on any atom is 0.341 e. The van der Waals surface area contributed by atoms with Gasteiger partial charge in [-0.3, -0.25) is 9.59 Å². The van der Waals surface area contributed by atoms with Crippen LogP contribution in [-0.2, 0) is 14.3 Å². The highest BCUT2D eigenvalue weighted by Crippen LogP contribution is 2.13. The number of esters is 1. The van der Waals surface area contributed by atoms with Crippen molar-refractivity contribution in [3.8, 4) is 0 Å². The Morgan fingerprint density at radius 3 is 2.36 bits per heavy atom. The Bertz CT molecular complexity index is 884. The highest BCUT2D eigenvalue weighted by molar-refractivity contribution is 5.96. The lowest BCUT2D eigenvalue weighted by Gasteiger charge is -2.21. The minimum atomic E-state index is -1.26. The van der Waals surface area contributed by atoms with E-state index in [1.165, 1.54) is 14.0 Å². The molecule has 2 rings (SSSR count). The van der Waals surface area contributed by atoms with Crippen LogP contribution in [0.4, 0.5) is 14.5 Å². The first-order valence-corrected chi connectivity index (χ1v) is 8.45. The lowest BCUT2D eigenvalue weighted by molar-refractivity contribution is -0.140. The van der Waals surface area contributed by atoms with Crippen LogP contribution in [0.2, 0.25) is 0 Å². The van der Waals surface area contributed by atoms with Gasteiger partial charge in [0.05, 0.1) is 12.1 Å². The normalized spacial score (nSPS) is 11.5. The van der Waals surface area contributed by atoms with Crippen molar-refractivity contribution in [3.63, 3.8) is 0 Å². The smallest absolute Gasteiger partial charge is 0.341 e. The number of nitrogens with one attached hydrogen (secondary N) is 1. The van der Waals surface area contributed by atoms with Crippen LogP contribution >= 0.6 is 0 Å². The Kier molecular flexibility index (Phi) is 6.81. The molecule has 0 saturated heterocycles. The zero-order valence-electron chi connectivity index (χ0n) is 15.7. The third kappa shape index (κ3) is 5.60. The van der Waals surface area contributed by atoms with Crippen molar-refractivity contribution >= 4 is 23.5 Å². The number of benzene rings is 2. The average Bonchev–Trinajstić information content (AvgIpc) is 2.62. The fraction of sp³-hybridized carbons (Fsp3) is 0.250. The second-order valence-corrected chi connectivity index (χ2v) is 6.28. The first-order valence-electron chi connectivity index (χ1n) is 8.45. The van der Waals surface area contributed by atoms with E-state index in [0.29, 0.717) is 11.8 Å². The number of ether oxygens (including phenoxy) is 1. The molecule has 2 aromatic rings. The fourth-order valence-corrected chi connectivity index (χ4v) is 2.37. The number of rotatable bonds is 6. The molecule has 0 unspecified atom stereocenters. The van der Waals surface area contributed by atoms with Crippen molar-refractivity contribution in [2.24, 2.45) is 0 Å². The van der Waals surface area contributed by atoms with Gasteiger partial charge in [0.25, 0.3) is 5.91 Å². The zero-order chi connectivity index (χ0) is 20.8. The van der Waals surface area contributed by atoms with E-state index in [4.69, 9.17) is 4.74 Å². The van der Waals surface area contributed by atoms with Crippen LogP contribution in [0.25, 0.3) is 0 Å². The molecular weight excluding hydrogens is 370 g/mol. The van der Waals surface area contributed by atoms with Crippen molar-refractivity contribution < 1.29 is 27.9 Å². The monoisotopic (exact) mass is 390 g/mol. The molecule has 148 valence electrons. The van der Waals surface area contributed by atoms with Crippen molar-refractivity contribution in [2.45, 2.75) is 20.0 Å². The van der Waals surface area contributed by atoms with Crippen molar-refractivity contribution in [1.29, 1.82) is 0 Å². The van der Waals surface area contributed by atoms with Crippen LogP contribution in [0.15, 0.2) is 42.5 Å². The molecule has 2 amide bonds. The SMILES string of the molecule is Cc1ccc(NC(=O)CN(C)C(=O)[C@H](C)OC(=O)c2ccc(F)cc2F)cc1. The fourth-order valence-electron chi connectivity index (χ4n) is 2.37. The predicted octanol–water partition coefficient (Wildman–Crippen LogP) is 2.92. The Hall–Kier alpha value is -3.29. The lowest BCUT2D eigenvalue weighted by Crippen LogP contribution is -2.41. The van der Waals surface area contributed by atoms with Crippen LogP contribution < -0.4 is 5.32 Å². The number of aryl methyl sites for hydroxylation is 1. The summed E-state index contributed by atoms with van der Waals surface area (Å²) in [5.41, 5.74) is 1.14. The van der Waals surface area contributed by atoms with Gasteiger partial charge in [0.2, 0.25) is 5.91 Å². The van der Waals surface area contributed by atoms with E-state index in [2.05, 4.69) is 5.32 Å². The van der Waals surface area contributed by atoms with E-state index >= 15 is 0 Å². The van der Waals surface area contributed by atoms with Crippen LogP contribution in [0.1, 0.15) is 22.8 Å². The summed E-state index contributed by atoms with van der Waals surface area (Å²) in [6.07, 6.45) is -1.26. The molecule has 0 aromatic heterocycles. The highest BCUT2D eigenvalue weighted by Gasteiger charge is 2.25. The highest BCUT2D eigenvalue weighted by atomic mass is 19.1. The summed E-state index contributed by atoms with van der Waals surface area (Å²) in [4.78, 5) is 37.4. The molecule has 0 fully saturated rings. The Morgan fingerprint density at radius 2 is 1.75 bits per heavy atom. The molecule has 0 aliphatic carbocycles. The van der Waals surface area contributed by atoms with Crippen molar-refractivity contribution in [3.05, 3.63) is 65.2 Å². The Labute approximate surface area is 161 Å². The number of hydrogen-bond donors (Lipinski definition) is 1. The van der Waals surface area contributed by atoms with Crippen LogP contribution in [0.5, 0.6) is 0 Å². The number of anilines is 1. The molecule has 0 radical (unpaired) electrons. The topological polar surface area (TPSA) is 75.7 Å². The molecule has 0 aliphatic heterocycles. The predicted molar refractivity (Wildman–Crippen MR) is 98.7 cm³/mol. The Balaban J connectivity index is 1.91. The second kappa shape index (κ2) is 9.07. The molecule has 0 saturated carbocycles. The van der Waals surface area contributed by atoms with E-state index in [1.54, 1.807) is 12.1 Å². The number of carbonyl (C=O) groups is 3. The summed E-state index contributed by atoms with van der Waals surface area (Å²) in [7, 11) is 1.37. The van der Waals surface area contributed by atoms with Crippen molar-refractivity contribution in [2.75, 3.05) is 18.9 Å².